The van der Waals surface area contributed by atoms with Crippen molar-refractivity contribution in [2.75, 3.05) is 13.7 Å². The first-order valence-corrected chi connectivity index (χ1v) is 8.44. The van der Waals surface area contributed by atoms with Gasteiger partial charge in [-0.1, -0.05) is 11.6 Å². The molecule has 0 bridgehead atoms. The van der Waals surface area contributed by atoms with Crippen LogP contribution in [0.2, 0.25) is 5.02 Å². The Kier molecular flexibility index (Phi) is 5.68. The third-order valence-electron chi connectivity index (χ3n) is 3.39. The van der Waals surface area contributed by atoms with Crippen molar-refractivity contribution in [2.24, 2.45) is 5.73 Å². The molecule has 0 spiro atoms. The van der Waals surface area contributed by atoms with E-state index in [1.807, 2.05) is 13.0 Å². The Bertz CT molecular complexity index is 613. The van der Waals surface area contributed by atoms with E-state index in [0.717, 1.165) is 19.8 Å². The highest BCUT2D eigenvalue weighted by atomic mass is 79.9. The van der Waals surface area contributed by atoms with Gasteiger partial charge in [-0.05, 0) is 52.7 Å². The summed E-state index contributed by atoms with van der Waals surface area (Å²) in [6.07, 6.45) is -0.697. The highest BCUT2D eigenvalue weighted by Gasteiger charge is 2.26. The standard InChI is InChI=1S/C15H17BrClNO2S/c1-8-5-13(21-15(8)16)14(19)11(7-18)10-6-9(17)3-4-12(10)20-2/h3-6,11,14,19H,7,18H2,1-2H3. The van der Waals surface area contributed by atoms with Crippen LogP contribution in [0.25, 0.3) is 0 Å². The molecule has 2 rings (SSSR count). The highest BCUT2D eigenvalue weighted by Crippen LogP contribution is 2.40. The molecule has 0 aliphatic heterocycles. The van der Waals surface area contributed by atoms with Gasteiger partial charge < -0.3 is 15.6 Å². The monoisotopic (exact) mass is 389 g/mol. The van der Waals surface area contributed by atoms with Crippen LogP contribution >= 0.6 is 38.9 Å². The minimum atomic E-state index is -0.697. The lowest BCUT2D eigenvalue weighted by atomic mass is 9.91. The van der Waals surface area contributed by atoms with Crippen molar-refractivity contribution in [3.8, 4) is 5.75 Å². The molecule has 2 unspecified atom stereocenters. The number of aliphatic hydroxyl groups excluding tert-OH is 1. The van der Waals surface area contributed by atoms with E-state index in [1.54, 1.807) is 25.3 Å². The van der Waals surface area contributed by atoms with Gasteiger partial charge in [0.05, 0.1) is 17.0 Å². The molecule has 1 heterocycles. The van der Waals surface area contributed by atoms with E-state index in [2.05, 4.69) is 15.9 Å². The fraction of sp³-hybridized carbons (Fsp3) is 0.333. The summed E-state index contributed by atoms with van der Waals surface area (Å²) in [5, 5.41) is 11.3. The van der Waals surface area contributed by atoms with Gasteiger partial charge in [0, 0.05) is 27.9 Å². The average molecular weight is 391 g/mol. The molecular weight excluding hydrogens is 374 g/mol. The number of benzene rings is 1. The third kappa shape index (κ3) is 3.60. The summed E-state index contributed by atoms with van der Waals surface area (Å²) in [5.41, 5.74) is 7.82. The number of halogens is 2. The van der Waals surface area contributed by atoms with Gasteiger partial charge in [0.15, 0.2) is 0 Å². The van der Waals surface area contributed by atoms with E-state index < -0.39 is 6.10 Å². The molecule has 3 nitrogen and oxygen atoms in total. The Hall–Kier alpha value is -0.590. The molecule has 0 radical (unpaired) electrons. The number of hydrogen-bond acceptors (Lipinski definition) is 4. The molecule has 0 fully saturated rings. The maximum absolute atomic E-state index is 10.7. The lowest BCUT2D eigenvalue weighted by Gasteiger charge is -2.23. The van der Waals surface area contributed by atoms with Gasteiger partial charge in [-0.2, -0.15) is 0 Å². The maximum Gasteiger partial charge on any atom is 0.122 e. The minimum absolute atomic E-state index is 0.274. The molecular formula is C15H17BrClNO2S. The average Bonchev–Trinajstić information content (AvgIpc) is 2.80. The first-order valence-electron chi connectivity index (χ1n) is 6.45. The van der Waals surface area contributed by atoms with Crippen LogP contribution < -0.4 is 10.5 Å². The minimum Gasteiger partial charge on any atom is -0.496 e. The lowest BCUT2D eigenvalue weighted by Crippen LogP contribution is -2.20. The molecule has 0 saturated carbocycles. The summed E-state index contributed by atoms with van der Waals surface area (Å²) < 4.78 is 6.39. The molecule has 114 valence electrons. The van der Waals surface area contributed by atoms with E-state index in [4.69, 9.17) is 22.1 Å². The number of nitrogens with two attached hydrogens (primary N) is 1. The predicted molar refractivity (Wildman–Crippen MR) is 91.5 cm³/mol. The number of hydrogen-bond donors (Lipinski definition) is 2. The van der Waals surface area contributed by atoms with Crippen molar-refractivity contribution in [2.45, 2.75) is 18.9 Å². The Morgan fingerprint density at radius 3 is 2.67 bits per heavy atom. The van der Waals surface area contributed by atoms with E-state index in [0.29, 0.717) is 17.3 Å². The second kappa shape index (κ2) is 7.11. The zero-order chi connectivity index (χ0) is 15.6. The van der Waals surface area contributed by atoms with Crippen molar-refractivity contribution in [1.82, 2.24) is 0 Å². The Morgan fingerprint density at radius 1 is 1.43 bits per heavy atom. The summed E-state index contributed by atoms with van der Waals surface area (Å²) >= 11 is 11.1. The molecule has 2 atom stereocenters. The smallest absolute Gasteiger partial charge is 0.122 e. The van der Waals surface area contributed by atoms with Crippen molar-refractivity contribution >= 4 is 38.9 Å². The fourth-order valence-corrected chi connectivity index (χ4v) is 4.05. The van der Waals surface area contributed by atoms with Crippen LogP contribution in [0, 0.1) is 6.92 Å². The Morgan fingerprint density at radius 2 is 2.14 bits per heavy atom. The molecule has 6 heteroatoms. The zero-order valence-electron chi connectivity index (χ0n) is 11.8. The highest BCUT2D eigenvalue weighted by molar-refractivity contribution is 9.11. The van der Waals surface area contributed by atoms with Gasteiger partial charge in [0.1, 0.15) is 5.75 Å². The van der Waals surface area contributed by atoms with Crippen LogP contribution in [0.3, 0.4) is 0 Å². The number of thiophene rings is 1. The molecule has 1 aromatic carbocycles. The molecule has 0 aliphatic carbocycles. The van der Waals surface area contributed by atoms with Crippen molar-refractivity contribution in [1.29, 1.82) is 0 Å². The van der Waals surface area contributed by atoms with Crippen LogP contribution in [0.5, 0.6) is 5.75 Å². The zero-order valence-corrected chi connectivity index (χ0v) is 14.9. The van der Waals surface area contributed by atoms with Gasteiger partial charge in [-0.3, -0.25) is 0 Å². The molecule has 1 aromatic heterocycles. The first-order chi connectivity index (χ1) is 9.97. The number of aliphatic hydroxyl groups is 1. The predicted octanol–water partition coefficient (Wildman–Crippen LogP) is 4.26. The van der Waals surface area contributed by atoms with Gasteiger partial charge in [0.2, 0.25) is 0 Å². The second-order valence-electron chi connectivity index (χ2n) is 4.78. The molecule has 0 saturated heterocycles. The normalized spacial score (nSPS) is 14.0. The van der Waals surface area contributed by atoms with Crippen molar-refractivity contribution < 1.29 is 9.84 Å². The topological polar surface area (TPSA) is 55.5 Å². The molecule has 0 aliphatic rings. The van der Waals surface area contributed by atoms with Crippen LogP contribution in [-0.4, -0.2) is 18.8 Å². The van der Waals surface area contributed by atoms with Crippen LogP contribution in [0.4, 0.5) is 0 Å². The summed E-state index contributed by atoms with van der Waals surface area (Å²) in [7, 11) is 1.60. The van der Waals surface area contributed by atoms with Gasteiger partial charge >= 0.3 is 0 Å². The Balaban J connectivity index is 2.41. The number of methoxy groups -OCH3 is 1. The largest absolute Gasteiger partial charge is 0.496 e. The van der Waals surface area contributed by atoms with Crippen LogP contribution in [0.1, 0.15) is 28.0 Å². The maximum atomic E-state index is 10.7. The fourth-order valence-electron chi connectivity index (χ4n) is 2.25. The molecule has 3 N–H and O–H groups in total. The Labute approximate surface area is 141 Å². The van der Waals surface area contributed by atoms with Gasteiger partial charge in [-0.25, -0.2) is 0 Å². The first kappa shape index (κ1) is 16.8. The molecule has 2 aromatic rings. The van der Waals surface area contributed by atoms with E-state index in [9.17, 15) is 5.11 Å². The summed E-state index contributed by atoms with van der Waals surface area (Å²) in [5.74, 6) is 0.407. The number of aryl methyl sites for hydroxylation is 1. The molecule has 21 heavy (non-hydrogen) atoms. The van der Waals surface area contributed by atoms with Crippen molar-refractivity contribution in [3.63, 3.8) is 0 Å². The van der Waals surface area contributed by atoms with Crippen molar-refractivity contribution in [3.05, 3.63) is 49.1 Å². The SMILES string of the molecule is COc1ccc(Cl)cc1C(CN)C(O)c1cc(C)c(Br)s1. The number of ether oxygens (including phenoxy) is 1. The lowest BCUT2D eigenvalue weighted by molar-refractivity contribution is 0.149. The quantitative estimate of drug-likeness (QED) is 0.802. The third-order valence-corrected chi connectivity index (χ3v) is 5.84. The van der Waals surface area contributed by atoms with Crippen LogP contribution in [0.15, 0.2) is 28.1 Å². The number of rotatable bonds is 5. The second-order valence-corrected chi connectivity index (χ2v) is 7.62. The van der Waals surface area contributed by atoms with Gasteiger partial charge in [0.25, 0.3) is 0 Å². The van der Waals surface area contributed by atoms with E-state index >= 15 is 0 Å². The van der Waals surface area contributed by atoms with E-state index in [1.165, 1.54) is 11.3 Å². The summed E-state index contributed by atoms with van der Waals surface area (Å²) in [6.45, 7) is 2.29. The van der Waals surface area contributed by atoms with E-state index in [-0.39, 0.29) is 5.92 Å². The molecule has 0 amide bonds. The summed E-state index contributed by atoms with van der Waals surface area (Å²) in [4.78, 5) is 0.872. The van der Waals surface area contributed by atoms with Gasteiger partial charge in [-0.15, -0.1) is 11.3 Å². The van der Waals surface area contributed by atoms with Crippen LogP contribution in [-0.2, 0) is 0 Å². The summed E-state index contributed by atoms with van der Waals surface area (Å²) in [6, 6.07) is 7.33.